The third kappa shape index (κ3) is 3.18. The number of benzene rings is 1. The minimum Gasteiger partial charge on any atom is -0.377 e. The molecule has 14 heavy (non-hydrogen) atoms. The molecule has 1 aromatic rings. The summed E-state index contributed by atoms with van der Waals surface area (Å²) < 4.78 is 0. The van der Waals surface area contributed by atoms with Crippen molar-refractivity contribution in [2.75, 3.05) is 6.54 Å². The Morgan fingerprint density at radius 2 is 2.07 bits per heavy atom. The fraction of sp³-hybridized carbons (Fsp3) is 0.364. The maximum Gasteiger partial charge on any atom is 0.124 e. The predicted octanol–water partition coefficient (Wildman–Crippen LogP) is 1.59. The van der Waals surface area contributed by atoms with Crippen LogP contribution in [-0.2, 0) is 0 Å². The molecule has 0 spiro atoms. The Kier molecular flexibility index (Phi) is 4.13. The molecule has 0 aliphatic rings. The number of aliphatic imine (C=N–C) groups is 1. The fourth-order valence-corrected chi connectivity index (χ4v) is 1.07. The summed E-state index contributed by atoms with van der Waals surface area (Å²) in [6.07, 6.45) is 1.39. The largest absolute Gasteiger partial charge is 0.377 e. The molecular formula is C11H17N3. The number of rotatable bonds is 4. The highest BCUT2D eigenvalue weighted by molar-refractivity contribution is 5.54. The van der Waals surface area contributed by atoms with Gasteiger partial charge in [-0.2, -0.15) is 0 Å². The number of nitrogens with two attached hydrogens (primary N) is 1. The van der Waals surface area contributed by atoms with E-state index in [1.165, 1.54) is 5.56 Å². The zero-order valence-corrected chi connectivity index (χ0v) is 8.70. The Morgan fingerprint density at radius 1 is 1.43 bits per heavy atom. The minimum absolute atomic E-state index is 0.269. The molecule has 1 atom stereocenters. The van der Waals surface area contributed by atoms with Gasteiger partial charge in [0.05, 0.1) is 6.34 Å². The Bertz CT molecular complexity index is 290. The molecule has 76 valence electrons. The molecule has 0 saturated heterocycles. The average Bonchev–Trinajstić information content (AvgIpc) is 2.19. The maximum absolute atomic E-state index is 5.85. The van der Waals surface area contributed by atoms with E-state index in [-0.39, 0.29) is 6.17 Å². The average molecular weight is 191 g/mol. The summed E-state index contributed by atoms with van der Waals surface area (Å²) in [5.74, 6) is 0. The quantitative estimate of drug-likeness (QED) is 0.561. The second kappa shape index (κ2) is 5.40. The van der Waals surface area contributed by atoms with E-state index in [9.17, 15) is 0 Å². The summed E-state index contributed by atoms with van der Waals surface area (Å²) in [7, 11) is 0. The molecule has 0 bridgehead atoms. The smallest absolute Gasteiger partial charge is 0.124 e. The van der Waals surface area contributed by atoms with Crippen LogP contribution in [0.15, 0.2) is 29.3 Å². The lowest BCUT2D eigenvalue weighted by molar-refractivity contribution is 0.771. The number of hydrogen-bond donors (Lipinski definition) is 2. The van der Waals surface area contributed by atoms with Crippen molar-refractivity contribution in [3.63, 3.8) is 0 Å². The van der Waals surface area contributed by atoms with Gasteiger partial charge in [0.15, 0.2) is 0 Å². The molecule has 0 aliphatic heterocycles. The first-order valence-corrected chi connectivity index (χ1v) is 4.81. The molecule has 0 saturated carbocycles. The highest BCUT2D eigenvalue weighted by Gasteiger charge is 2.00. The molecule has 3 heteroatoms. The van der Waals surface area contributed by atoms with Crippen LogP contribution in [0.25, 0.3) is 0 Å². The minimum atomic E-state index is -0.269. The second-order valence-corrected chi connectivity index (χ2v) is 3.19. The SMILES string of the molecule is CCN/C=N\C(N)c1ccc(C)cc1. The first-order chi connectivity index (χ1) is 6.74. The normalized spacial score (nSPS) is 13.1. The van der Waals surface area contributed by atoms with Gasteiger partial charge in [-0.15, -0.1) is 0 Å². The standard InChI is InChI=1S/C11H17N3/c1-3-13-8-14-11(12)10-6-4-9(2)5-7-10/h4-8,11H,3,12H2,1-2H3,(H,13,14). The third-order valence-electron chi connectivity index (χ3n) is 1.95. The lowest BCUT2D eigenvalue weighted by Gasteiger charge is -2.06. The van der Waals surface area contributed by atoms with E-state index in [1.54, 1.807) is 6.34 Å². The summed E-state index contributed by atoms with van der Waals surface area (Å²) in [5.41, 5.74) is 8.11. The van der Waals surface area contributed by atoms with Crippen LogP contribution in [0.5, 0.6) is 0 Å². The van der Waals surface area contributed by atoms with E-state index < -0.39 is 0 Å². The van der Waals surface area contributed by atoms with E-state index in [0.29, 0.717) is 0 Å². The van der Waals surface area contributed by atoms with Crippen LogP contribution in [0.2, 0.25) is 0 Å². The van der Waals surface area contributed by atoms with Gasteiger partial charge in [-0.3, -0.25) is 4.99 Å². The maximum atomic E-state index is 5.85. The van der Waals surface area contributed by atoms with Crippen molar-refractivity contribution < 1.29 is 0 Å². The van der Waals surface area contributed by atoms with Gasteiger partial charge in [-0.25, -0.2) is 0 Å². The molecule has 3 N–H and O–H groups in total. The lowest BCUT2D eigenvalue weighted by atomic mass is 10.1. The monoisotopic (exact) mass is 191 g/mol. The van der Waals surface area contributed by atoms with E-state index in [0.717, 1.165) is 12.1 Å². The van der Waals surface area contributed by atoms with Gasteiger partial charge in [0.25, 0.3) is 0 Å². The molecule has 0 amide bonds. The first-order valence-electron chi connectivity index (χ1n) is 4.81. The van der Waals surface area contributed by atoms with Crippen LogP contribution in [0.3, 0.4) is 0 Å². The number of nitrogens with one attached hydrogen (secondary N) is 1. The summed E-state index contributed by atoms with van der Waals surface area (Å²) in [5, 5.41) is 2.99. The van der Waals surface area contributed by atoms with Crippen molar-refractivity contribution in [2.24, 2.45) is 10.7 Å². The summed E-state index contributed by atoms with van der Waals surface area (Å²) in [4.78, 5) is 4.16. The molecule has 3 nitrogen and oxygen atoms in total. The predicted molar refractivity (Wildman–Crippen MR) is 60.3 cm³/mol. The highest BCUT2D eigenvalue weighted by atomic mass is 15.0. The van der Waals surface area contributed by atoms with Crippen molar-refractivity contribution in [1.29, 1.82) is 0 Å². The van der Waals surface area contributed by atoms with E-state index in [4.69, 9.17) is 5.73 Å². The van der Waals surface area contributed by atoms with Crippen molar-refractivity contribution in [3.05, 3.63) is 35.4 Å². The number of aryl methyl sites for hydroxylation is 1. The van der Waals surface area contributed by atoms with E-state index in [2.05, 4.69) is 17.2 Å². The zero-order valence-electron chi connectivity index (χ0n) is 8.70. The van der Waals surface area contributed by atoms with Crippen molar-refractivity contribution in [3.8, 4) is 0 Å². The first kappa shape index (κ1) is 10.7. The Balaban J connectivity index is 2.60. The Morgan fingerprint density at radius 3 is 2.64 bits per heavy atom. The molecule has 1 unspecified atom stereocenters. The molecule has 0 radical (unpaired) electrons. The van der Waals surface area contributed by atoms with Gasteiger partial charge in [0.2, 0.25) is 0 Å². The Hall–Kier alpha value is -1.35. The van der Waals surface area contributed by atoms with E-state index >= 15 is 0 Å². The van der Waals surface area contributed by atoms with Crippen LogP contribution < -0.4 is 11.1 Å². The van der Waals surface area contributed by atoms with Gasteiger partial charge >= 0.3 is 0 Å². The van der Waals surface area contributed by atoms with Crippen LogP contribution in [0.4, 0.5) is 0 Å². The molecule has 1 rings (SSSR count). The molecule has 0 aromatic heterocycles. The molecule has 0 aliphatic carbocycles. The molecule has 0 fully saturated rings. The Labute approximate surface area is 85.0 Å². The van der Waals surface area contributed by atoms with Crippen LogP contribution >= 0.6 is 0 Å². The van der Waals surface area contributed by atoms with Crippen molar-refractivity contribution in [1.82, 2.24) is 5.32 Å². The van der Waals surface area contributed by atoms with E-state index in [1.807, 2.05) is 31.2 Å². The second-order valence-electron chi connectivity index (χ2n) is 3.19. The molecular weight excluding hydrogens is 174 g/mol. The topological polar surface area (TPSA) is 50.4 Å². The van der Waals surface area contributed by atoms with Gasteiger partial charge in [0, 0.05) is 6.54 Å². The highest BCUT2D eigenvalue weighted by Crippen LogP contribution is 2.11. The number of hydrogen-bond acceptors (Lipinski definition) is 2. The van der Waals surface area contributed by atoms with Gasteiger partial charge < -0.3 is 11.1 Å². The fourth-order valence-electron chi connectivity index (χ4n) is 1.07. The van der Waals surface area contributed by atoms with Crippen LogP contribution in [0, 0.1) is 6.92 Å². The van der Waals surface area contributed by atoms with Gasteiger partial charge in [-0.1, -0.05) is 29.8 Å². The van der Waals surface area contributed by atoms with Crippen molar-refractivity contribution >= 4 is 6.34 Å². The summed E-state index contributed by atoms with van der Waals surface area (Å²) >= 11 is 0. The summed E-state index contributed by atoms with van der Waals surface area (Å²) in [6.45, 7) is 4.94. The van der Waals surface area contributed by atoms with Crippen LogP contribution in [-0.4, -0.2) is 12.9 Å². The molecule has 1 aromatic carbocycles. The summed E-state index contributed by atoms with van der Waals surface area (Å²) in [6, 6.07) is 8.09. The van der Waals surface area contributed by atoms with Gasteiger partial charge in [0.1, 0.15) is 6.17 Å². The third-order valence-corrected chi connectivity index (χ3v) is 1.95. The van der Waals surface area contributed by atoms with Gasteiger partial charge in [-0.05, 0) is 19.4 Å². The van der Waals surface area contributed by atoms with Crippen molar-refractivity contribution in [2.45, 2.75) is 20.0 Å². The zero-order chi connectivity index (χ0) is 10.4. The number of nitrogens with zero attached hydrogens (tertiary/aromatic N) is 1. The van der Waals surface area contributed by atoms with Crippen LogP contribution in [0.1, 0.15) is 24.2 Å². The molecule has 0 heterocycles. The lowest BCUT2D eigenvalue weighted by Crippen LogP contribution is -2.14.